The predicted molar refractivity (Wildman–Crippen MR) is 113 cm³/mol. The lowest BCUT2D eigenvalue weighted by atomic mass is 9.95. The van der Waals surface area contributed by atoms with E-state index in [0.29, 0.717) is 10.6 Å². The number of hydrogen-bond acceptors (Lipinski definition) is 5. The second-order valence-electron chi connectivity index (χ2n) is 6.77. The summed E-state index contributed by atoms with van der Waals surface area (Å²) in [5, 5.41) is 5.62. The van der Waals surface area contributed by atoms with E-state index in [1.54, 1.807) is 43.3 Å². The summed E-state index contributed by atoms with van der Waals surface area (Å²) in [4.78, 5) is 25.1. The Morgan fingerprint density at radius 2 is 1.73 bits per heavy atom. The summed E-state index contributed by atoms with van der Waals surface area (Å²) < 4.78 is 31.1. The van der Waals surface area contributed by atoms with Crippen LogP contribution in [-0.4, -0.2) is 32.8 Å². The van der Waals surface area contributed by atoms with Crippen LogP contribution in [0, 0.1) is 6.92 Å². The van der Waals surface area contributed by atoms with Crippen molar-refractivity contribution in [2.45, 2.75) is 24.8 Å². The van der Waals surface area contributed by atoms with Crippen LogP contribution in [0.3, 0.4) is 0 Å². The van der Waals surface area contributed by atoms with Gasteiger partial charge in [0.2, 0.25) is 0 Å². The van der Waals surface area contributed by atoms with Crippen LogP contribution in [0.5, 0.6) is 0 Å². The van der Waals surface area contributed by atoms with Crippen molar-refractivity contribution in [1.82, 2.24) is 10.6 Å². The predicted octanol–water partition coefficient (Wildman–Crippen LogP) is 3.29. The summed E-state index contributed by atoms with van der Waals surface area (Å²) >= 11 is 5.94. The molecular weight excluding hydrogens is 428 g/mol. The molecule has 0 unspecified atom stereocenters. The van der Waals surface area contributed by atoms with E-state index in [9.17, 15) is 18.0 Å². The molecule has 0 fully saturated rings. The van der Waals surface area contributed by atoms with E-state index < -0.39 is 33.6 Å². The highest BCUT2D eigenvalue weighted by Crippen LogP contribution is 2.30. The molecule has 30 heavy (non-hydrogen) atoms. The number of sulfone groups is 1. The molecule has 1 aliphatic heterocycles. The van der Waals surface area contributed by atoms with Crippen LogP contribution >= 0.6 is 11.6 Å². The van der Waals surface area contributed by atoms with Crippen LogP contribution in [0.2, 0.25) is 5.02 Å². The smallest absolute Gasteiger partial charge is 0.338 e. The highest BCUT2D eigenvalue weighted by atomic mass is 35.5. The second kappa shape index (κ2) is 8.89. The van der Waals surface area contributed by atoms with Gasteiger partial charge in [-0.1, -0.05) is 41.4 Å². The minimum Gasteiger partial charge on any atom is -0.463 e. The fourth-order valence-electron chi connectivity index (χ4n) is 3.11. The van der Waals surface area contributed by atoms with E-state index in [0.717, 1.165) is 5.56 Å². The van der Waals surface area contributed by atoms with Gasteiger partial charge in [-0.2, -0.15) is 0 Å². The van der Waals surface area contributed by atoms with Crippen molar-refractivity contribution in [2.24, 2.45) is 0 Å². The van der Waals surface area contributed by atoms with E-state index in [2.05, 4.69) is 10.6 Å². The van der Waals surface area contributed by atoms with Gasteiger partial charge in [0.25, 0.3) is 0 Å². The fraction of sp³-hybridized carbons (Fsp3) is 0.238. The van der Waals surface area contributed by atoms with Gasteiger partial charge < -0.3 is 15.4 Å². The number of halogens is 1. The molecule has 3 rings (SSSR count). The third-order valence-corrected chi connectivity index (χ3v) is 6.48. The first-order chi connectivity index (χ1) is 14.2. The fourth-order valence-corrected chi connectivity index (χ4v) is 4.56. The summed E-state index contributed by atoms with van der Waals surface area (Å²) in [6, 6.07) is 11.4. The molecule has 0 spiro atoms. The summed E-state index contributed by atoms with van der Waals surface area (Å²) in [5.41, 5.74) is 1.51. The molecular formula is C21H21ClN2O5S. The number of esters is 1. The second-order valence-corrected chi connectivity index (χ2v) is 9.19. The topological polar surface area (TPSA) is 102 Å². The van der Waals surface area contributed by atoms with Gasteiger partial charge in [-0.15, -0.1) is 0 Å². The molecule has 158 valence electrons. The Bertz CT molecular complexity index is 1090. The molecule has 1 heterocycles. The molecule has 2 amide bonds. The van der Waals surface area contributed by atoms with E-state index in [1.807, 2.05) is 6.92 Å². The minimum absolute atomic E-state index is 0.0160. The van der Waals surface area contributed by atoms with Crippen molar-refractivity contribution in [1.29, 1.82) is 0 Å². The van der Waals surface area contributed by atoms with Crippen LogP contribution in [0.1, 0.15) is 24.1 Å². The number of carbonyl (C=O) groups excluding carboxylic acids is 2. The van der Waals surface area contributed by atoms with Gasteiger partial charge in [-0.25, -0.2) is 18.0 Å². The maximum Gasteiger partial charge on any atom is 0.338 e. The van der Waals surface area contributed by atoms with E-state index in [1.165, 1.54) is 12.1 Å². The molecule has 7 nitrogen and oxygen atoms in total. The Morgan fingerprint density at radius 1 is 1.10 bits per heavy atom. The lowest BCUT2D eigenvalue weighted by Crippen LogP contribution is -2.47. The zero-order chi connectivity index (χ0) is 21.9. The molecule has 0 aliphatic carbocycles. The molecule has 0 radical (unpaired) electrons. The van der Waals surface area contributed by atoms with Crippen LogP contribution < -0.4 is 10.6 Å². The quantitative estimate of drug-likeness (QED) is 0.660. The van der Waals surface area contributed by atoms with Crippen LogP contribution in [0.15, 0.2) is 64.7 Å². The third-order valence-electron chi connectivity index (χ3n) is 4.57. The molecule has 2 aromatic carbocycles. The molecule has 0 aromatic heterocycles. The van der Waals surface area contributed by atoms with E-state index >= 15 is 0 Å². The lowest BCUT2D eigenvalue weighted by molar-refractivity contribution is -0.139. The number of amides is 2. The molecule has 2 aromatic rings. The van der Waals surface area contributed by atoms with Crippen LogP contribution in [0.4, 0.5) is 4.79 Å². The standard InChI is InChI=1S/C21H21ClN2O5S/c1-3-29-20(25)18-17(12-30(27,28)16-10-4-13(2)5-11-16)23-21(26)24-19(18)14-6-8-15(22)9-7-14/h4-11,19H,3,12H2,1-2H3,(H2,23,24,26)/t19-/m1/s1. The number of aryl methyl sites for hydroxylation is 1. The Balaban J connectivity index is 2.08. The molecule has 0 saturated heterocycles. The average molecular weight is 449 g/mol. The Kier molecular flexibility index (Phi) is 6.48. The lowest BCUT2D eigenvalue weighted by Gasteiger charge is -2.29. The van der Waals surface area contributed by atoms with Gasteiger partial charge in [-0.3, -0.25) is 0 Å². The normalized spacial score (nSPS) is 16.6. The van der Waals surface area contributed by atoms with Crippen molar-refractivity contribution in [3.63, 3.8) is 0 Å². The zero-order valence-corrected chi connectivity index (χ0v) is 18.0. The SMILES string of the molecule is CCOC(=O)C1=C(CS(=O)(=O)c2ccc(C)cc2)NC(=O)N[C@@H]1c1ccc(Cl)cc1. The van der Waals surface area contributed by atoms with Gasteiger partial charge in [0.05, 0.1) is 28.9 Å². The molecule has 9 heteroatoms. The molecule has 0 saturated carbocycles. The van der Waals surface area contributed by atoms with Gasteiger partial charge in [0.15, 0.2) is 9.84 Å². The van der Waals surface area contributed by atoms with Gasteiger partial charge in [0.1, 0.15) is 0 Å². The molecule has 1 atom stereocenters. The van der Waals surface area contributed by atoms with Crippen molar-refractivity contribution in [3.8, 4) is 0 Å². The van der Waals surface area contributed by atoms with Crippen molar-refractivity contribution in [2.75, 3.05) is 12.4 Å². The summed E-state index contributed by atoms with van der Waals surface area (Å²) in [7, 11) is -3.82. The Morgan fingerprint density at radius 3 is 2.33 bits per heavy atom. The first-order valence-corrected chi connectivity index (χ1v) is 11.3. The van der Waals surface area contributed by atoms with Crippen molar-refractivity contribution < 1.29 is 22.7 Å². The highest BCUT2D eigenvalue weighted by Gasteiger charge is 2.35. The number of benzene rings is 2. The van der Waals surface area contributed by atoms with Crippen LogP contribution in [0.25, 0.3) is 0 Å². The number of ether oxygens (including phenoxy) is 1. The van der Waals surface area contributed by atoms with Gasteiger partial charge in [-0.05, 0) is 43.7 Å². The van der Waals surface area contributed by atoms with Gasteiger partial charge >= 0.3 is 12.0 Å². The summed E-state index contributed by atoms with van der Waals surface area (Å²) in [5.74, 6) is -1.26. The largest absolute Gasteiger partial charge is 0.463 e. The van der Waals surface area contributed by atoms with E-state index in [-0.39, 0.29) is 22.8 Å². The number of rotatable bonds is 6. The summed E-state index contributed by atoms with van der Waals surface area (Å²) in [6.45, 7) is 3.59. The van der Waals surface area contributed by atoms with Crippen LogP contribution in [-0.2, 0) is 19.4 Å². The number of hydrogen-bond donors (Lipinski definition) is 2. The molecule has 1 aliphatic rings. The highest BCUT2D eigenvalue weighted by molar-refractivity contribution is 7.91. The molecule has 2 N–H and O–H groups in total. The zero-order valence-electron chi connectivity index (χ0n) is 16.4. The summed E-state index contributed by atoms with van der Waals surface area (Å²) in [6.07, 6.45) is 0. The Labute approximate surface area is 180 Å². The third kappa shape index (κ3) is 4.83. The first kappa shape index (κ1) is 21.9. The minimum atomic E-state index is -3.82. The average Bonchev–Trinajstić information content (AvgIpc) is 2.68. The number of carbonyl (C=O) groups is 2. The Hall–Kier alpha value is -2.84. The van der Waals surface area contributed by atoms with Gasteiger partial charge in [0, 0.05) is 10.7 Å². The first-order valence-electron chi connectivity index (χ1n) is 9.24. The maximum absolute atomic E-state index is 13.0. The number of nitrogens with one attached hydrogen (secondary N) is 2. The van der Waals surface area contributed by atoms with Crippen molar-refractivity contribution in [3.05, 3.63) is 76.0 Å². The van der Waals surface area contributed by atoms with E-state index in [4.69, 9.17) is 16.3 Å². The molecule has 0 bridgehead atoms. The van der Waals surface area contributed by atoms with Crippen molar-refractivity contribution >= 4 is 33.4 Å². The monoisotopic (exact) mass is 448 g/mol. The maximum atomic E-state index is 13.0. The number of urea groups is 1.